The average Bonchev–Trinajstić information content (AvgIpc) is 2.59. The molecule has 0 amide bonds. The molecule has 3 rings (SSSR count). The van der Waals surface area contributed by atoms with E-state index >= 15 is 0 Å². The second-order valence-corrected chi connectivity index (χ2v) is 8.51. The Morgan fingerprint density at radius 2 is 1.96 bits per heavy atom. The van der Waals surface area contributed by atoms with Crippen LogP contribution in [0.15, 0.2) is 39.9 Å². The monoisotopic (exact) mass is 435 g/mol. The maximum atomic E-state index is 12.2. The van der Waals surface area contributed by atoms with E-state index in [1.165, 1.54) is 4.57 Å². The molecule has 0 aromatic carbocycles. The van der Waals surface area contributed by atoms with E-state index < -0.39 is 5.60 Å². The molecule has 1 aliphatic rings. The maximum Gasteiger partial charge on any atom is 0.274 e. The highest BCUT2D eigenvalue weighted by Gasteiger charge is 2.23. The smallest absolute Gasteiger partial charge is 0.274 e. The summed E-state index contributed by atoms with van der Waals surface area (Å²) in [5.41, 5.74) is 0.769. The van der Waals surface area contributed by atoms with Gasteiger partial charge in [0.15, 0.2) is 0 Å². The second-order valence-electron chi connectivity index (χ2n) is 7.59. The maximum absolute atomic E-state index is 12.2. The van der Waals surface area contributed by atoms with Gasteiger partial charge in [0.25, 0.3) is 5.56 Å². The minimum atomic E-state index is -0.666. The van der Waals surface area contributed by atoms with Gasteiger partial charge in [-0.3, -0.25) is 9.69 Å². The van der Waals surface area contributed by atoms with Crippen LogP contribution in [0.1, 0.15) is 13.8 Å². The number of rotatable bonds is 5. The number of halogens is 1. The normalized spacial score (nSPS) is 15.8. The van der Waals surface area contributed by atoms with Gasteiger partial charge in [0.2, 0.25) is 0 Å². The fourth-order valence-corrected chi connectivity index (χ4v) is 3.79. The third-order valence-electron chi connectivity index (χ3n) is 4.51. The fourth-order valence-electron chi connectivity index (χ4n) is 3.26. The van der Waals surface area contributed by atoms with E-state index in [1.807, 2.05) is 32.2 Å². The Kier molecular flexibility index (Phi) is 5.88. The first-order chi connectivity index (χ1) is 12.7. The number of aryl methyl sites for hydroxylation is 1. The van der Waals surface area contributed by atoms with Crippen molar-refractivity contribution in [3.05, 3.63) is 45.4 Å². The van der Waals surface area contributed by atoms with Crippen LogP contribution in [0.3, 0.4) is 0 Å². The summed E-state index contributed by atoms with van der Waals surface area (Å²) in [5, 5.41) is 13.0. The molecule has 1 fully saturated rings. The molecular formula is C19H26BrN5O2. The quantitative estimate of drug-likeness (QED) is 0.749. The minimum Gasteiger partial charge on any atom is -0.389 e. The Balaban J connectivity index is 1.62. The summed E-state index contributed by atoms with van der Waals surface area (Å²) in [4.78, 5) is 21.2. The molecule has 1 saturated heterocycles. The lowest BCUT2D eigenvalue weighted by Crippen LogP contribution is -2.50. The number of piperazine rings is 1. The zero-order valence-corrected chi connectivity index (χ0v) is 17.5. The van der Waals surface area contributed by atoms with Gasteiger partial charge < -0.3 is 19.9 Å². The lowest BCUT2D eigenvalue weighted by Gasteiger charge is -2.38. The van der Waals surface area contributed by atoms with Gasteiger partial charge in [0, 0.05) is 50.4 Å². The first-order valence-corrected chi connectivity index (χ1v) is 9.79. The highest BCUT2D eigenvalue weighted by Crippen LogP contribution is 2.20. The fraction of sp³-hybridized carbons (Fsp3) is 0.474. The molecule has 27 heavy (non-hydrogen) atoms. The van der Waals surface area contributed by atoms with Gasteiger partial charge in [-0.05, 0) is 48.0 Å². The Bertz CT molecular complexity index is 837. The number of anilines is 3. The zero-order valence-electron chi connectivity index (χ0n) is 15.9. The Morgan fingerprint density at radius 3 is 2.56 bits per heavy atom. The summed E-state index contributed by atoms with van der Waals surface area (Å²) in [7, 11) is 1.71. The molecule has 7 nitrogen and oxygen atoms in total. The summed E-state index contributed by atoms with van der Waals surface area (Å²) >= 11 is 3.40. The van der Waals surface area contributed by atoms with Gasteiger partial charge in [-0.2, -0.15) is 0 Å². The van der Waals surface area contributed by atoms with Gasteiger partial charge in [-0.25, -0.2) is 4.98 Å². The second kappa shape index (κ2) is 8.00. The largest absolute Gasteiger partial charge is 0.389 e. The molecule has 0 atom stereocenters. The number of nitrogens with one attached hydrogen (secondary N) is 1. The van der Waals surface area contributed by atoms with Crippen LogP contribution in [0.5, 0.6) is 0 Å². The molecule has 2 aromatic heterocycles. The van der Waals surface area contributed by atoms with Gasteiger partial charge in [-0.15, -0.1) is 0 Å². The van der Waals surface area contributed by atoms with Crippen molar-refractivity contribution in [3.63, 3.8) is 0 Å². The van der Waals surface area contributed by atoms with E-state index in [2.05, 4.69) is 36.0 Å². The van der Waals surface area contributed by atoms with Crippen molar-refractivity contribution in [3.8, 4) is 0 Å². The lowest BCUT2D eigenvalue weighted by molar-refractivity contribution is 0.0345. The molecule has 0 saturated carbocycles. The van der Waals surface area contributed by atoms with Crippen LogP contribution >= 0.6 is 15.9 Å². The molecule has 0 bridgehead atoms. The standard InChI is InChI=1S/C19H26BrN5O2/c1-19(2,27)13-24-6-8-25(9-7-24)15-4-5-17(21-11-15)22-16-10-14(20)12-23(3)18(16)26/h4-5,10-12,27H,6-9,13H2,1-3H3,(H,21,22). The predicted molar refractivity (Wildman–Crippen MR) is 112 cm³/mol. The number of hydrogen-bond acceptors (Lipinski definition) is 6. The van der Waals surface area contributed by atoms with Crippen molar-refractivity contribution in [1.82, 2.24) is 14.5 Å². The van der Waals surface area contributed by atoms with Crippen molar-refractivity contribution in [2.45, 2.75) is 19.4 Å². The van der Waals surface area contributed by atoms with Gasteiger partial charge in [-0.1, -0.05) is 0 Å². The third-order valence-corrected chi connectivity index (χ3v) is 4.94. The van der Waals surface area contributed by atoms with Crippen LogP contribution < -0.4 is 15.8 Å². The molecule has 3 heterocycles. The van der Waals surface area contributed by atoms with E-state index in [0.29, 0.717) is 18.1 Å². The number of pyridine rings is 2. The highest BCUT2D eigenvalue weighted by molar-refractivity contribution is 9.10. The average molecular weight is 436 g/mol. The summed E-state index contributed by atoms with van der Waals surface area (Å²) in [6, 6.07) is 5.65. The van der Waals surface area contributed by atoms with E-state index in [1.54, 1.807) is 19.3 Å². The molecule has 0 spiro atoms. The number of aromatic nitrogens is 2. The predicted octanol–water partition coefficient (Wildman–Crippen LogP) is 2.18. The molecule has 2 N–H and O–H groups in total. The van der Waals surface area contributed by atoms with Crippen LogP contribution in [-0.4, -0.2) is 57.9 Å². The zero-order chi connectivity index (χ0) is 19.6. The van der Waals surface area contributed by atoms with Crippen molar-refractivity contribution >= 4 is 33.1 Å². The third kappa shape index (κ3) is 5.31. The van der Waals surface area contributed by atoms with Crippen LogP contribution in [0.25, 0.3) is 0 Å². The Labute approximate surface area is 167 Å². The number of hydrogen-bond donors (Lipinski definition) is 2. The summed E-state index contributed by atoms with van der Waals surface area (Å²) < 4.78 is 2.35. The van der Waals surface area contributed by atoms with Crippen molar-refractivity contribution < 1.29 is 5.11 Å². The summed E-state index contributed by atoms with van der Waals surface area (Å²) in [6.07, 6.45) is 3.55. The molecular weight excluding hydrogens is 410 g/mol. The van der Waals surface area contributed by atoms with Crippen molar-refractivity contribution in [2.24, 2.45) is 7.05 Å². The van der Waals surface area contributed by atoms with E-state index in [-0.39, 0.29) is 5.56 Å². The number of aliphatic hydroxyl groups is 1. The summed E-state index contributed by atoms with van der Waals surface area (Å²) in [5.74, 6) is 0.634. The van der Waals surface area contributed by atoms with Gasteiger partial charge >= 0.3 is 0 Å². The minimum absolute atomic E-state index is 0.105. The van der Waals surface area contributed by atoms with Crippen LogP contribution in [0.2, 0.25) is 0 Å². The van der Waals surface area contributed by atoms with E-state index in [9.17, 15) is 9.90 Å². The molecule has 8 heteroatoms. The first kappa shape index (κ1) is 19.9. The van der Waals surface area contributed by atoms with Gasteiger partial charge in [0.1, 0.15) is 11.5 Å². The van der Waals surface area contributed by atoms with E-state index in [4.69, 9.17) is 0 Å². The number of nitrogens with zero attached hydrogens (tertiary/aromatic N) is 4. The molecule has 2 aromatic rings. The first-order valence-electron chi connectivity index (χ1n) is 9.00. The van der Waals surface area contributed by atoms with Crippen molar-refractivity contribution in [1.29, 1.82) is 0 Å². The molecule has 0 radical (unpaired) electrons. The molecule has 146 valence electrons. The van der Waals surface area contributed by atoms with Crippen molar-refractivity contribution in [2.75, 3.05) is 42.9 Å². The van der Waals surface area contributed by atoms with Crippen LogP contribution in [0, 0.1) is 0 Å². The van der Waals surface area contributed by atoms with E-state index in [0.717, 1.165) is 36.3 Å². The Hall–Kier alpha value is -1.90. The van der Waals surface area contributed by atoms with Crippen LogP contribution in [-0.2, 0) is 7.05 Å². The lowest BCUT2D eigenvalue weighted by atomic mass is 10.1. The molecule has 1 aliphatic heterocycles. The molecule has 0 aliphatic carbocycles. The SMILES string of the molecule is Cn1cc(Br)cc(Nc2ccc(N3CCN(CC(C)(C)O)CC3)cn2)c1=O. The molecule has 0 unspecified atom stereocenters. The Morgan fingerprint density at radius 1 is 1.26 bits per heavy atom. The number of β-amino-alcohol motifs (C(OH)–C–C–N with tert-alkyl or cyclic N) is 1. The van der Waals surface area contributed by atoms with Crippen LogP contribution in [0.4, 0.5) is 17.2 Å². The summed E-state index contributed by atoms with van der Waals surface area (Å²) in [6.45, 7) is 7.99. The van der Waals surface area contributed by atoms with Gasteiger partial charge in [0.05, 0.1) is 17.5 Å². The highest BCUT2D eigenvalue weighted by atomic mass is 79.9. The topological polar surface area (TPSA) is 73.6 Å².